The predicted octanol–water partition coefficient (Wildman–Crippen LogP) is 0.103. The highest BCUT2D eigenvalue weighted by atomic mass is 16.5. The van der Waals surface area contributed by atoms with E-state index in [0.717, 1.165) is 44.2 Å². The van der Waals surface area contributed by atoms with Crippen LogP contribution in [-0.4, -0.2) is 55.9 Å². The Balaban J connectivity index is 1.78. The Morgan fingerprint density at radius 3 is 3.00 bits per heavy atom. The van der Waals surface area contributed by atoms with Gasteiger partial charge in [0.05, 0.1) is 26.0 Å². The van der Waals surface area contributed by atoms with Gasteiger partial charge in [-0.2, -0.15) is 0 Å². The van der Waals surface area contributed by atoms with Crippen LogP contribution in [0.1, 0.15) is 5.56 Å². The molecule has 1 aromatic heterocycles. The van der Waals surface area contributed by atoms with Crippen LogP contribution < -0.4 is 10.5 Å². The molecule has 1 saturated heterocycles. The highest BCUT2D eigenvalue weighted by Crippen LogP contribution is 2.10. The van der Waals surface area contributed by atoms with Crippen molar-refractivity contribution in [3.05, 3.63) is 24.0 Å². The van der Waals surface area contributed by atoms with Gasteiger partial charge in [0.1, 0.15) is 12.4 Å². The van der Waals surface area contributed by atoms with E-state index < -0.39 is 0 Å². The zero-order chi connectivity index (χ0) is 13.3. The summed E-state index contributed by atoms with van der Waals surface area (Å²) >= 11 is 0. The standard InChI is InChI=1S/C14H19N3O2/c15-3-1-2-13-10-14(12-16-11-13)19-9-6-17-4-7-18-8-5-17/h10-12H,3-9,15H2. The Morgan fingerprint density at radius 1 is 1.37 bits per heavy atom. The molecule has 2 heterocycles. The van der Waals surface area contributed by atoms with Crippen molar-refractivity contribution >= 4 is 0 Å². The molecule has 5 nitrogen and oxygen atoms in total. The van der Waals surface area contributed by atoms with Gasteiger partial charge in [-0.25, -0.2) is 0 Å². The Bertz CT molecular complexity index is 447. The van der Waals surface area contributed by atoms with Gasteiger partial charge < -0.3 is 15.2 Å². The number of pyridine rings is 1. The lowest BCUT2D eigenvalue weighted by Gasteiger charge is -2.26. The smallest absolute Gasteiger partial charge is 0.138 e. The zero-order valence-electron chi connectivity index (χ0n) is 11.0. The molecule has 1 aliphatic rings. The van der Waals surface area contributed by atoms with Crippen molar-refractivity contribution in [2.45, 2.75) is 0 Å². The SMILES string of the molecule is NCC#Cc1cncc(OCCN2CCOCC2)c1. The monoisotopic (exact) mass is 261 g/mol. The fourth-order valence-electron chi connectivity index (χ4n) is 1.84. The fraction of sp³-hybridized carbons (Fsp3) is 0.500. The van der Waals surface area contributed by atoms with Gasteiger partial charge in [0, 0.05) is 31.4 Å². The lowest BCUT2D eigenvalue weighted by molar-refractivity contribution is 0.0322. The first kappa shape index (κ1) is 13.8. The summed E-state index contributed by atoms with van der Waals surface area (Å²) in [5.74, 6) is 6.49. The third-order valence-electron chi connectivity index (χ3n) is 2.83. The van der Waals surface area contributed by atoms with Crippen molar-refractivity contribution in [1.82, 2.24) is 9.88 Å². The van der Waals surface area contributed by atoms with Crippen molar-refractivity contribution in [2.75, 3.05) is 46.0 Å². The first-order chi connectivity index (χ1) is 9.38. The molecule has 1 fully saturated rings. The molecule has 102 valence electrons. The molecule has 0 amide bonds. The van der Waals surface area contributed by atoms with Crippen LogP contribution in [0.3, 0.4) is 0 Å². The maximum absolute atomic E-state index is 5.69. The number of hydrogen-bond acceptors (Lipinski definition) is 5. The number of nitrogens with two attached hydrogens (primary N) is 1. The van der Waals surface area contributed by atoms with Gasteiger partial charge in [0.15, 0.2) is 0 Å². The molecule has 0 radical (unpaired) electrons. The summed E-state index contributed by atoms with van der Waals surface area (Å²) in [4.78, 5) is 6.43. The van der Waals surface area contributed by atoms with Crippen LogP contribution in [0.25, 0.3) is 0 Å². The summed E-state index contributed by atoms with van der Waals surface area (Å²) in [6.07, 6.45) is 3.41. The quantitative estimate of drug-likeness (QED) is 0.779. The molecule has 2 rings (SSSR count). The van der Waals surface area contributed by atoms with Crippen LogP contribution in [0.5, 0.6) is 5.75 Å². The Kier molecular flexibility index (Phi) is 5.63. The molecule has 0 spiro atoms. The van der Waals surface area contributed by atoms with Crippen LogP contribution in [0, 0.1) is 11.8 Å². The van der Waals surface area contributed by atoms with Crippen LogP contribution in [0.4, 0.5) is 0 Å². The second-order valence-corrected chi connectivity index (χ2v) is 4.22. The van der Waals surface area contributed by atoms with E-state index in [1.165, 1.54) is 0 Å². The van der Waals surface area contributed by atoms with Crippen LogP contribution in [-0.2, 0) is 4.74 Å². The highest BCUT2D eigenvalue weighted by Gasteiger charge is 2.09. The van der Waals surface area contributed by atoms with E-state index in [4.69, 9.17) is 15.2 Å². The number of ether oxygens (including phenoxy) is 2. The van der Waals surface area contributed by atoms with Crippen molar-refractivity contribution in [2.24, 2.45) is 5.73 Å². The summed E-state index contributed by atoms with van der Waals surface area (Å²) < 4.78 is 11.0. The van der Waals surface area contributed by atoms with Gasteiger partial charge in [-0.1, -0.05) is 11.8 Å². The molecule has 0 saturated carbocycles. The Hall–Kier alpha value is -1.61. The lowest BCUT2D eigenvalue weighted by atomic mass is 10.3. The van der Waals surface area contributed by atoms with Gasteiger partial charge in [-0.3, -0.25) is 9.88 Å². The number of morpholine rings is 1. The van der Waals surface area contributed by atoms with Gasteiger partial charge in [0.2, 0.25) is 0 Å². The molecule has 0 aromatic carbocycles. The van der Waals surface area contributed by atoms with Gasteiger partial charge in [-0.05, 0) is 6.07 Å². The molecule has 2 N–H and O–H groups in total. The second-order valence-electron chi connectivity index (χ2n) is 4.22. The van der Waals surface area contributed by atoms with E-state index in [9.17, 15) is 0 Å². The second kappa shape index (κ2) is 7.74. The minimum Gasteiger partial charge on any atom is -0.491 e. The number of hydrogen-bond donors (Lipinski definition) is 1. The predicted molar refractivity (Wildman–Crippen MR) is 72.9 cm³/mol. The minimum atomic E-state index is 0.349. The first-order valence-corrected chi connectivity index (χ1v) is 6.45. The van der Waals surface area contributed by atoms with Crippen molar-refractivity contribution in [3.8, 4) is 17.6 Å². The fourth-order valence-corrected chi connectivity index (χ4v) is 1.84. The minimum absolute atomic E-state index is 0.349. The third kappa shape index (κ3) is 4.87. The lowest BCUT2D eigenvalue weighted by Crippen LogP contribution is -2.38. The molecular formula is C14H19N3O2. The van der Waals surface area contributed by atoms with Crippen molar-refractivity contribution in [3.63, 3.8) is 0 Å². The molecular weight excluding hydrogens is 242 g/mol. The van der Waals surface area contributed by atoms with Gasteiger partial charge in [-0.15, -0.1) is 0 Å². The number of rotatable bonds is 4. The van der Waals surface area contributed by atoms with E-state index in [-0.39, 0.29) is 0 Å². The molecule has 5 heteroatoms. The van der Waals surface area contributed by atoms with E-state index in [1.54, 1.807) is 12.4 Å². The molecule has 0 bridgehead atoms. The molecule has 0 aliphatic carbocycles. The summed E-state index contributed by atoms with van der Waals surface area (Å²) in [5.41, 5.74) is 6.16. The Morgan fingerprint density at radius 2 is 2.21 bits per heavy atom. The van der Waals surface area contributed by atoms with Crippen LogP contribution in [0.2, 0.25) is 0 Å². The summed E-state index contributed by atoms with van der Waals surface area (Å²) in [6, 6.07) is 1.88. The average Bonchev–Trinajstić information content (AvgIpc) is 2.47. The Labute approximate surface area is 113 Å². The summed E-state index contributed by atoms with van der Waals surface area (Å²) in [6.45, 7) is 5.48. The number of aromatic nitrogens is 1. The highest BCUT2D eigenvalue weighted by molar-refractivity contribution is 5.36. The summed E-state index contributed by atoms with van der Waals surface area (Å²) in [7, 11) is 0. The van der Waals surface area contributed by atoms with E-state index in [2.05, 4.69) is 21.7 Å². The van der Waals surface area contributed by atoms with Gasteiger partial charge >= 0.3 is 0 Å². The first-order valence-electron chi connectivity index (χ1n) is 6.45. The van der Waals surface area contributed by atoms with Crippen LogP contribution >= 0.6 is 0 Å². The summed E-state index contributed by atoms with van der Waals surface area (Å²) in [5, 5.41) is 0. The zero-order valence-corrected chi connectivity index (χ0v) is 11.0. The molecule has 19 heavy (non-hydrogen) atoms. The largest absolute Gasteiger partial charge is 0.491 e. The maximum atomic E-state index is 5.69. The van der Waals surface area contributed by atoms with E-state index in [0.29, 0.717) is 13.2 Å². The average molecular weight is 261 g/mol. The number of nitrogens with zero attached hydrogens (tertiary/aromatic N) is 2. The third-order valence-corrected chi connectivity index (χ3v) is 2.83. The molecule has 1 aliphatic heterocycles. The molecule has 0 atom stereocenters. The molecule has 1 aromatic rings. The van der Waals surface area contributed by atoms with Gasteiger partial charge in [0.25, 0.3) is 0 Å². The topological polar surface area (TPSA) is 60.6 Å². The van der Waals surface area contributed by atoms with Crippen molar-refractivity contribution in [1.29, 1.82) is 0 Å². The van der Waals surface area contributed by atoms with Crippen molar-refractivity contribution < 1.29 is 9.47 Å². The van der Waals surface area contributed by atoms with E-state index >= 15 is 0 Å². The normalized spacial score (nSPS) is 15.6. The van der Waals surface area contributed by atoms with E-state index in [1.807, 2.05) is 6.07 Å². The molecule has 0 unspecified atom stereocenters. The maximum Gasteiger partial charge on any atom is 0.138 e. The van der Waals surface area contributed by atoms with Crippen LogP contribution in [0.15, 0.2) is 18.5 Å².